The Balaban J connectivity index is 2.02. The standard InChI is InChI=1S/C12H16BrN3O3S/c13-9-5-11(7-15-6-9)20(18,19)16-10-3-1-8(2-4-10)12(14)17/h5-8,10,16H,1-4H2,(H2,14,17). The third kappa shape index (κ3) is 3.77. The van der Waals surface area contributed by atoms with Crippen LogP contribution >= 0.6 is 15.9 Å². The van der Waals surface area contributed by atoms with Crippen molar-refractivity contribution in [3.8, 4) is 0 Å². The Morgan fingerprint density at radius 1 is 1.30 bits per heavy atom. The molecule has 1 fully saturated rings. The molecule has 0 aromatic carbocycles. The van der Waals surface area contributed by atoms with Gasteiger partial charge in [0, 0.05) is 28.8 Å². The number of hydrogen-bond acceptors (Lipinski definition) is 4. The molecule has 6 nitrogen and oxygen atoms in total. The summed E-state index contributed by atoms with van der Waals surface area (Å²) in [6.45, 7) is 0. The Bertz CT molecular complexity index is 598. The van der Waals surface area contributed by atoms with Gasteiger partial charge in [-0.05, 0) is 47.7 Å². The van der Waals surface area contributed by atoms with Crippen LogP contribution in [0.4, 0.5) is 0 Å². The summed E-state index contributed by atoms with van der Waals surface area (Å²) in [5.74, 6) is -0.439. The average Bonchev–Trinajstić information content (AvgIpc) is 2.39. The Morgan fingerprint density at radius 2 is 1.95 bits per heavy atom. The van der Waals surface area contributed by atoms with Crippen molar-refractivity contribution in [2.45, 2.75) is 36.6 Å². The number of pyridine rings is 1. The van der Waals surface area contributed by atoms with Crippen molar-refractivity contribution in [2.75, 3.05) is 0 Å². The normalized spacial score (nSPS) is 23.4. The lowest BCUT2D eigenvalue weighted by Crippen LogP contribution is -2.39. The van der Waals surface area contributed by atoms with E-state index in [2.05, 4.69) is 25.6 Å². The van der Waals surface area contributed by atoms with Gasteiger partial charge >= 0.3 is 0 Å². The van der Waals surface area contributed by atoms with E-state index < -0.39 is 10.0 Å². The molecule has 0 saturated heterocycles. The number of carbonyl (C=O) groups is 1. The van der Waals surface area contributed by atoms with Gasteiger partial charge < -0.3 is 5.73 Å². The van der Waals surface area contributed by atoms with Crippen LogP contribution in [0, 0.1) is 5.92 Å². The van der Waals surface area contributed by atoms with Gasteiger partial charge in [0.05, 0.1) is 0 Å². The van der Waals surface area contributed by atoms with Crippen molar-refractivity contribution in [3.05, 3.63) is 22.9 Å². The van der Waals surface area contributed by atoms with Crippen LogP contribution in [0.5, 0.6) is 0 Å². The first-order valence-corrected chi connectivity index (χ1v) is 8.58. The molecule has 1 aliphatic carbocycles. The Kier molecular flexibility index (Phi) is 4.77. The highest BCUT2D eigenvalue weighted by atomic mass is 79.9. The molecule has 8 heteroatoms. The number of rotatable bonds is 4. The van der Waals surface area contributed by atoms with Crippen LogP contribution in [-0.2, 0) is 14.8 Å². The fraction of sp³-hybridized carbons (Fsp3) is 0.500. The molecule has 0 unspecified atom stereocenters. The lowest BCUT2D eigenvalue weighted by molar-refractivity contribution is -0.122. The van der Waals surface area contributed by atoms with Crippen LogP contribution < -0.4 is 10.5 Å². The van der Waals surface area contributed by atoms with Crippen LogP contribution in [0.2, 0.25) is 0 Å². The van der Waals surface area contributed by atoms with Gasteiger partial charge in [0.25, 0.3) is 0 Å². The van der Waals surface area contributed by atoms with Gasteiger partial charge in [0.2, 0.25) is 15.9 Å². The molecule has 20 heavy (non-hydrogen) atoms. The first kappa shape index (κ1) is 15.4. The zero-order valence-corrected chi connectivity index (χ0v) is 13.2. The highest BCUT2D eigenvalue weighted by Gasteiger charge is 2.28. The van der Waals surface area contributed by atoms with Gasteiger partial charge in [0.1, 0.15) is 4.90 Å². The average molecular weight is 362 g/mol. The lowest BCUT2D eigenvalue weighted by Gasteiger charge is -2.27. The summed E-state index contributed by atoms with van der Waals surface area (Å²) in [7, 11) is -3.58. The Hall–Kier alpha value is -0.990. The molecule has 0 radical (unpaired) electrons. The molecule has 1 saturated carbocycles. The quantitative estimate of drug-likeness (QED) is 0.839. The van der Waals surface area contributed by atoms with Gasteiger partial charge in [-0.3, -0.25) is 9.78 Å². The highest BCUT2D eigenvalue weighted by Crippen LogP contribution is 2.25. The lowest BCUT2D eigenvalue weighted by atomic mass is 9.86. The fourth-order valence-electron chi connectivity index (χ4n) is 2.32. The zero-order valence-electron chi connectivity index (χ0n) is 10.8. The number of halogens is 1. The molecule has 1 aromatic heterocycles. The highest BCUT2D eigenvalue weighted by molar-refractivity contribution is 9.10. The molecular weight excluding hydrogens is 346 g/mol. The van der Waals surface area contributed by atoms with Crippen LogP contribution in [0.1, 0.15) is 25.7 Å². The summed E-state index contributed by atoms with van der Waals surface area (Å²) in [4.78, 5) is 15.1. The van der Waals surface area contributed by atoms with E-state index in [-0.39, 0.29) is 22.8 Å². The van der Waals surface area contributed by atoms with E-state index >= 15 is 0 Å². The Morgan fingerprint density at radius 3 is 2.50 bits per heavy atom. The van der Waals surface area contributed by atoms with Crippen molar-refractivity contribution in [2.24, 2.45) is 11.7 Å². The first-order valence-electron chi connectivity index (χ1n) is 6.30. The van der Waals surface area contributed by atoms with Crippen molar-refractivity contribution in [1.82, 2.24) is 9.71 Å². The number of amides is 1. The smallest absolute Gasteiger partial charge is 0.242 e. The van der Waals surface area contributed by atoms with E-state index in [9.17, 15) is 13.2 Å². The maximum atomic E-state index is 12.2. The van der Waals surface area contributed by atoms with Crippen LogP contribution in [-0.4, -0.2) is 25.4 Å². The molecule has 0 spiro atoms. The molecule has 0 atom stereocenters. The zero-order chi connectivity index (χ0) is 14.8. The number of sulfonamides is 1. The van der Waals surface area contributed by atoms with Gasteiger partial charge in [-0.2, -0.15) is 0 Å². The maximum Gasteiger partial charge on any atom is 0.242 e. The van der Waals surface area contributed by atoms with E-state index in [0.29, 0.717) is 30.2 Å². The van der Waals surface area contributed by atoms with Gasteiger partial charge in [-0.25, -0.2) is 13.1 Å². The molecule has 3 N–H and O–H groups in total. The number of nitrogens with one attached hydrogen (secondary N) is 1. The van der Waals surface area contributed by atoms with Crippen LogP contribution in [0.25, 0.3) is 0 Å². The second kappa shape index (κ2) is 6.19. The van der Waals surface area contributed by atoms with Crippen molar-refractivity contribution in [3.63, 3.8) is 0 Å². The summed E-state index contributed by atoms with van der Waals surface area (Å²) >= 11 is 3.20. The minimum Gasteiger partial charge on any atom is -0.369 e. The van der Waals surface area contributed by atoms with E-state index in [1.54, 1.807) is 0 Å². The van der Waals surface area contributed by atoms with E-state index in [0.717, 1.165) is 0 Å². The fourth-order valence-corrected chi connectivity index (χ4v) is 4.13. The van der Waals surface area contributed by atoms with E-state index in [1.807, 2.05) is 0 Å². The number of hydrogen-bond donors (Lipinski definition) is 2. The van der Waals surface area contributed by atoms with Crippen molar-refractivity contribution < 1.29 is 13.2 Å². The van der Waals surface area contributed by atoms with E-state index in [1.165, 1.54) is 18.5 Å². The third-order valence-corrected chi connectivity index (χ3v) is 5.36. The number of carbonyl (C=O) groups excluding carboxylic acids is 1. The predicted octanol–water partition coefficient (Wildman–Crippen LogP) is 1.17. The summed E-state index contributed by atoms with van der Waals surface area (Å²) in [6.07, 6.45) is 5.32. The molecule has 0 aliphatic heterocycles. The molecule has 1 amide bonds. The first-order chi connectivity index (χ1) is 9.38. The molecular formula is C12H16BrN3O3S. The summed E-state index contributed by atoms with van der Waals surface area (Å²) < 4.78 is 27.7. The topological polar surface area (TPSA) is 102 Å². The van der Waals surface area contributed by atoms with E-state index in [4.69, 9.17) is 5.73 Å². The SMILES string of the molecule is NC(=O)C1CCC(NS(=O)(=O)c2cncc(Br)c2)CC1. The number of nitrogens with two attached hydrogens (primary N) is 1. The van der Waals surface area contributed by atoms with Gasteiger partial charge in [-0.15, -0.1) is 0 Å². The predicted molar refractivity (Wildman–Crippen MR) is 77.2 cm³/mol. The minimum atomic E-state index is -3.58. The molecule has 1 heterocycles. The third-order valence-electron chi connectivity index (χ3n) is 3.44. The van der Waals surface area contributed by atoms with Crippen LogP contribution in [0.15, 0.2) is 27.8 Å². The number of nitrogens with zero attached hydrogens (tertiary/aromatic N) is 1. The van der Waals surface area contributed by atoms with Crippen LogP contribution in [0.3, 0.4) is 0 Å². The van der Waals surface area contributed by atoms with Crippen molar-refractivity contribution in [1.29, 1.82) is 0 Å². The number of primary amides is 1. The summed E-state index contributed by atoms with van der Waals surface area (Å²) in [6, 6.07) is 1.35. The largest absolute Gasteiger partial charge is 0.369 e. The molecule has 1 aromatic rings. The van der Waals surface area contributed by atoms with Gasteiger partial charge in [0.15, 0.2) is 0 Å². The molecule has 1 aliphatic rings. The van der Waals surface area contributed by atoms with Crippen molar-refractivity contribution >= 4 is 31.9 Å². The number of aromatic nitrogens is 1. The Labute approximate surface area is 126 Å². The van der Waals surface area contributed by atoms with Gasteiger partial charge in [-0.1, -0.05) is 0 Å². The summed E-state index contributed by atoms with van der Waals surface area (Å²) in [5.41, 5.74) is 5.26. The molecule has 0 bridgehead atoms. The molecule has 110 valence electrons. The summed E-state index contributed by atoms with van der Waals surface area (Å²) in [5, 5.41) is 0. The maximum absolute atomic E-state index is 12.2. The minimum absolute atomic E-state index is 0.129. The molecule has 2 rings (SSSR count). The monoisotopic (exact) mass is 361 g/mol. The second-order valence-electron chi connectivity index (χ2n) is 4.91. The second-order valence-corrected chi connectivity index (χ2v) is 7.54.